The van der Waals surface area contributed by atoms with Crippen LogP contribution in [0.1, 0.15) is 33.6 Å². The zero-order valence-corrected chi connectivity index (χ0v) is 9.65. The molecule has 0 N–H and O–H groups in total. The van der Waals surface area contributed by atoms with Crippen LogP contribution in [-0.4, -0.2) is 24.1 Å². The highest BCUT2D eigenvalue weighted by Crippen LogP contribution is 2.13. The Morgan fingerprint density at radius 3 is 2.62 bits per heavy atom. The summed E-state index contributed by atoms with van der Waals surface area (Å²) < 4.78 is 4.98. The molecule has 1 unspecified atom stereocenters. The summed E-state index contributed by atoms with van der Waals surface area (Å²) in [6, 6.07) is 0. The summed E-state index contributed by atoms with van der Waals surface area (Å²) in [7, 11) is 0. The van der Waals surface area contributed by atoms with Crippen LogP contribution in [-0.2, 0) is 9.53 Å². The van der Waals surface area contributed by atoms with E-state index in [-0.39, 0.29) is 5.97 Å². The highest BCUT2D eigenvalue weighted by atomic mass is 32.2. The minimum Gasteiger partial charge on any atom is -0.466 e. The van der Waals surface area contributed by atoms with Crippen molar-refractivity contribution in [2.24, 2.45) is 5.92 Å². The quantitative estimate of drug-likeness (QED) is 0.471. The Hall–Kier alpha value is -0.180. The summed E-state index contributed by atoms with van der Waals surface area (Å²) in [6.07, 6.45) is 2.25. The maximum atomic E-state index is 10.6. The zero-order chi connectivity index (χ0) is 10.1. The third kappa shape index (κ3) is 8.16. The van der Waals surface area contributed by atoms with Crippen LogP contribution in [0.5, 0.6) is 0 Å². The lowest BCUT2D eigenvalue weighted by Crippen LogP contribution is -2.12. The summed E-state index contributed by atoms with van der Waals surface area (Å²) in [5.41, 5.74) is 0. The van der Waals surface area contributed by atoms with Crippen LogP contribution < -0.4 is 0 Å². The molecule has 0 aromatic carbocycles. The monoisotopic (exact) mass is 204 g/mol. The molecule has 0 saturated heterocycles. The van der Waals surface area contributed by atoms with E-state index in [2.05, 4.69) is 13.8 Å². The van der Waals surface area contributed by atoms with E-state index in [1.807, 2.05) is 11.8 Å². The number of carbonyl (C=O) groups is 1. The Morgan fingerprint density at radius 2 is 2.15 bits per heavy atom. The topological polar surface area (TPSA) is 26.3 Å². The standard InChI is InChI=1S/C10H20O2S/c1-4-10(6-7-13-5-2)8-12-9(3)11/h10H,4-8H2,1-3H3. The first-order valence-electron chi connectivity index (χ1n) is 4.91. The molecule has 0 bridgehead atoms. The van der Waals surface area contributed by atoms with Gasteiger partial charge in [-0.3, -0.25) is 4.79 Å². The molecular formula is C10H20O2S. The van der Waals surface area contributed by atoms with E-state index in [0.29, 0.717) is 12.5 Å². The predicted octanol–water partition coefficient (Wildman–Crippen LogP) is 2.72. The highest BCUT2D eigenvalue weighted by Gasteiger charge is 2.07. The van der Waals surface area contributed by atoms with Crippen molar-refractivity contribution >= 4 is 17.7 Å². The van der Waals surface area contributed by atoms with Gasteiger partial charge in [-0.05, 0) is 23.8 Å². The lowest BCUT2D eigenvalue weighted by molar-refractivity contribution is -0.142. The molecular weight excluding hydrogens is 184 g/mol. The maximum Gasteiger partial charge on any atom is 0.302 e. The van der Waals surface area contributed by atoms with E-state index in [0.717, 1.165) is 12.8 Å². The van der Waals surface area contributed by atoms with E-state index in [1.165, 1.54) is 18.4 Å². The molecule has 78 valence electrons. The van der Waals surface area contributed by atoms with Crippen molar-refractivity contribution < 1.29 is 9.53 Å². The Kier molecular flexibility index (Phi) is 8.30. The van der Waals surface area contributed by atoms with Gasteiger partial charge in [0.1, 0.15) is 0 Å². The molecule has 3 heteroatoms. The third-order valence-electron chi connectivity index (χ3n) is 1.97. The normalized spacial score (nSPS) is 12.5. The van der Waals surface area contributed by atoms with Crippen LogP contribution in [0.15, 0.2) is 0 Å². The van der Waals surface area contributed by atoms with Gasteiger partial charge in [0.25, 0.3) is 0 Å². The molecule has 0 aromatic rings. The van der Waals surface area contributed by atoms with Gasteiger partial charge in [-0.2, -0.15) is 11.8 Å². The number of esters is 1. The Balaban J connectivity index is 3.45. The summed E-state index contributed by atoms with van der Waals surface area (Å²) in [4.78, 5) is 10.6. The molecule has 2 nitrogen and oxygen atoms in total. The second-order valence-corrected chi connectivity index (χ2v) is 4.46. The molecule has 0 aliphatic rings. The molecule has 0 aromatic heterocycles. The largest absolute Gasteiger partial charge is 0.466 e. The van der Waals surface area contributed by atoms with Gasteiger partial charge >= 0.3 is 5.97 Å². The smallest absolute Gasteiger partial charge is 0.302 e. The lowest BCUT2D eigenvalue weighted by atomic mass is 10.1. The second-order valence-electron chi connectivity index (χ2n) is 3.06. The Morgan fingerprint density at radius 1 is 1.46 bits per heavy atom. The first-order chi connectivity index (χ1) is 6.20. The SMILES string of the molecule is CCSCCC(CC)COC(C)=O. The number of thioether (sulfide) groups is 1. The molecule has 0 rings (SSSR count). The van der Waals surface area contributed by atoms with Crippen LogP contribution in [0, 0.1) is 5.92 Å². The number of rotatable bonds is 7. The van der Waals surface area contributed by atoms with Gasteiger partial charge in [0.2, 0.25) is 0 Å². The van der Waals surface area contributed by atoms with E-state index in [9.17, 15) is 4.79 Å². The van der Waals surface area contributed by atoms with Crippen molar-refractivity contribution in [3.05, 3.63) is 0 Å². The van der Waals surface area contributed by atoms with E-state index >= 15 is 0 Å². The van der Waals surface area contributed by atoms with Crippen molar-refractivity contribution in [3.8, 4) is 0 Å². The minimum absolute atomic E-state index is 0.165. The van der Waals surface area contributed by atoms with Crippen LogP contribution in [0.25, 0.3) is 0 Å². The number of carbonyl (C=O) groups excluding carboxylic acids is 1. The van der Waals surface area contributed by atoms with Gasteiger partial charge in [0, 0.05) is 6.92 Å². The fraction of sp³-hybridized carbons (Fsp3) is 0.900. The predicted molar refractivity (Wildman–Crippen MR) is 58.0 cm³/mol. The highest BCUT2D eigenvalue weighted by molar-refractivity contribution is 7.99. The molecule has 0 aliphatic carbocycles. The second kappa shape index (κ2) is 8.42. The number of hydrogen-bond donors (Lipinski definition) is 0. The fourth-order valence-electron chi connectivity index (χ4n) is 1.03. The summed E-state index contributed by atoms with van der Waals surface area (Å²) in [5.74, 6) is 2.73. The molecule has 0 saturated carbocycles. The van der Waals surface area contributed by atoms with E-state index in [1.54, 1.807) is 0 Å². The fourth-order valence-corrected chi connectivity index (χ4v) is 1.82. The van der Waals surface area contributed by atoms with Crippen molar-refractivity contribution in [1.82, 2.24) is 0 Å². The minimum atomic E-state index is -0.165. The van der Waals surface area contributed by atoms with Gasteiger partial charge in [-0.15, -0.1) is 0 Å². The van der Waals surface area contributed by atoms with Crippen LogP contribution in [0.4, 0.5) is 0 Å². The summed E-state index contributed by atoms with van der Waals surface area (Å²) >= 11 is 1.95. The average Bonchev–Trinajstić information content (AvgIpc) is 2.10. The van der Waals surface area contributed by atoms with Gasteiger partial charge in [-0.25, -0.2) is 0 Å². The van der Waals surface area contributed by atoms with Gasteiger partial charge in [0.05, 0.1) is 6.61 Å². The molecule has 0 amide bonds. The van der Waals surface area contributed by atoms with E-state index in [4.69, 9.17) is 4.74 Å². The van der Waals surface area contributed by atoms with Crippen molar-refractivity contribution in [3.63, 3.8) is 0 Å². The van der Waals surface area contributed by atoms with Crippen LogP contribution >= 0.6 is 11.8 Å². The number of hydrogen-bond acceptors (Lipinski definition) is 3. The van der Waals surface area contributed by atoms with Crippen LogP contribution in [0.3, 0.4) is 0 Å². The summed E-state index contributed by atoms with van der Waals surface area (Å²) in [5, 5.41) is 0. The zero-order valence-electron chi connectivity index (χ0n) is 8.84. The van der Waals surface area contributed by atoms with Gasteiger partial charge in [0.15, 0.2) is 0 Å². The van der Waals surface area contributed by atoms with Crippen molar-refractivity contribution in [1.29, 1.82) is 0 Å². The molecule has 0 spiro atoms. The molecule has 13 heavy (non-hydrogen) atoms. The maximum absolute atomic E-state index is 10.6. The average molecular weight is 204 g/mol. The van der Waals surface area contributed by atoms with Gasteiger partial charge in [-0.1, -0.05) is 20.3 Å². The molecule has 0 aliphatic heterocycles. The van der Waals surface area contributed by atoms with Crippen molar-refractivity contribution in [2.45, 2.75) is 33.6 Å². The molecule has 1 atom stereocenters. The Bertz CT molecular complexity index is 137. The molecule has 0 radical (unpaired) electrons. The number of ether oxygens (including phenoxy) is 1. The first kappa shape index (κ1) is 12.8. The molecule has 0 heterocycles. The Labute approximate surface area is 85.4 Å². The third-order valence-corrected chi connectivity index (χ3v) is 2.91. The van der Waals surface area contributed by atoms with E-state index < -0.39 is 0 Å². The molecule has 0 fully saturated rings. The van der Waals surface area contributed by atoms with Gasteiger partial charge < -0.3 is 4.74 Å². The first-order valence-corrected chi connectivity index (χ1v) is 6.07. The van der Waals surface area contributed by atoms with Crippen LogP contribution in [0.2, 0.25) is 0 Å². The summed E-state index contributed by atoms with van der Waals surface area (Å²) in [6.45, 7) is 6.37. The van der Waals surface area contributed by atoms with Crippen molar-refractivity contribution in [2.75, 3.05) is 18.1 Å². The lowest BCUT2D eigenvalue weighted by Gasteiger charge is -2.13.